The number of urea groups is 1. The maximum Gasteiger partial charge on any atom is 0.314 e. The minimum atomic E-state index is -0.784. The molecule has 1 aliphatic carbocycles. The second kappa shape index (κ2) is 9.64. The van der Waals surface area contributed by atoms with Crippen molar-refractivity contribution in [2.45, 2.75) is 71.3 Å². The van der Waals surface area contributed by atoms with Gasteiger partial charge in [-0.25, -0.2) is 4.79 Å². The highest BCUT2D eigenvalue weighted by Gasteiger charge is 2.18. The number of carboxylic acids is 1. The van der Waals surface area contributed by atoms with Crippen molar-refractivity contribution in [3.05, 3.63) is 0 Å². The number of amides is 2. The summed E-state index contributed by atoms with van der Waals surface area (Å²) in [5.41, 5.74) is 0. The largest absolute Gasteiger partial charge is 0.481 e. The van der Waals surface area contributed by atoms with E-state index < -0.39 is 5.97 Å². The molecule has 3 N–H and O–H groups in total. The third-order valence-electron chi connectivity index (χ3n) is 4.38. The first-order valence-corrected chi connectivity index (χ1v) is 8.23. The number of nitrogens with one attached hydrogen (secondary N) is 2. The van der Waals surface area contributed by atoms with Crippen LogP contribution in [0.25, 0.3) is 0 Å². The second-order valence-electron chi connectivity index (χ2n) is 6.50. The lowest BCUT2D eigenvalue weighted by Crippen LogP contribution is -2.41. The normalized spacial score (nSPS) is 23.3. The molecule has 122 valence electrons. The fraction of sp³-hybridized carbons (Fsp3) is 0.875. The summed E-state index contributed by atoms with van der Waals surface area (Å²) in [4.78, 5) is 22.1. The van der Waals surface area contributed by atoms with Gasteiger partial charge in [-0.05, 0) is 38.0 Å². The highest BCUT2D eigenvalue weighted by molar-refractivity contribution is 5.74. The maximum absolute atomic E-state index is 11.7. The fourth-order valence-electron chi connectivity index (χ4n) is 2.91. The maximum atomic E-state index is 11.7. The van der Waals surface area contributed by atoms with Crippen LogP contribution in [0.2, 0.25) is 0 Å². The van der Waals surface area contributed by atoms with Gasteiger partial charge in [0.1, 0.15) is 0 Å². The van der Waals surface area contributed by atoms with E-state index in [1.807, 2.05) is 6.92 Å². The van der Waals surface area contributed by atoms with Crippen LogP contribution in [0, 0.1) is 11.8 Å². The summed E-state index contributed by atoms with van der Waals surface area (Å²) in [6.07, 6.45) is 7.72. The van der Waals surface area contributed by atoms with Crippen molar-refractivity contribution in [3.8, 4) is 0 Å². The van der Waals surface area contributed by atoms with Crippen molar-refractivity contribution in [1.82, 2.24) is 10.6 Å². The van der Waals surface area contributed by atoms with Crippen molar-refractivity contribution < 1.29 is 14.7 Å². The Balaban J connectivity index is 2.04. The van der Waals surface area contributed by atoms with Gasteiger partial charge in [0, 0.05) is 19.0 Å². The van der Waals surface area contributed by atoms with Gasteiger partial charge in [0.2, 0.25) is 0 Å². The predicted octanol–water partition coefficient (Wildman–Crippen LogP) is 3.15. The van der Waals surface area contributed by atoms with Crippen LogP contribution in [0.4, 0.5) is 4.79 Å². The highest BCUT2D eigenvalue weighted by atomic mass is 16.4. The zero-order valence-corrected chi connectivity index (χ0v) is 13.4. The van der Waals surface area contributed by atoms with Gasteiger partial charge in [0.25, 0.3) is 0 Å². The van der Waals surface area contributed by atoms with Crippen LogP contribution < -0.4 is 10.6 Å². The molecule has 5 heteroatoms. The molecule has 0 aliphatic heterocycles. The van der Waals surface area contributed by atoms with Gasteiger partial charge in [0.05, 0.1) is 0 Å². The molecule has 5 nitrogen and oxygen atoms in total. The lowest BCUT2D eigenvalue weighted by atomic mass is 9.81. The minimum absolute atomic E-state index is 0.0138. The van der Waals surface area contributed by atoms with Crippen molar-refractivity contribution >= 4 is 12.0 Å². The molecular formula is C16H30N2O3. The number of aliphatic carboxylic acids is 1. The Morgan fingerprint density at radius 3 is 2.52 bits per heavy atom. The van der Waals surface area contributed by atoms with Gasteiger partial charge in [-0.2, -0.15) is 0 Å². The molecule has 1 aliphatic rings. The standard InChI is InChI=1S/C16H30N2O3/c1-12-6-8-14(9-7-12)10-11-17-16(21)18-13(2)4-3-5-15(19)20/h12-14H,3-11H2,1-2H3,(H,19,20)(H2,17,18,21). The van der Waals surface area contributed by atoms with Crippen LogP contribution in [0.1, 0.15) is 65.2 Å². The molecule has 0 aromatic heterocycles. The quantitative estimate of drug-likeness (QED) is 0.644. The van der Waals surface area contributed by atoms with E-state index in [-0.39, 0.29) is 18.5 Å². The number of carbonyl (C=O) groups excluding carboxylic acids is 1. The summed E-state index contributed by atoms with van der Waals surface area (Å²) < 4.78 is 0. The Kier molecular flexibility index (Phi) is 8.16. The number of carbonyl (C=O) groups is 2. The van der Waals surface area contributed by atoms with Crippen molar-refractivity contribution in [2.24, 2.45) is 11.8 Å². The fourth-order valence-corrected chi connectivity index (χ4v) is 2.91. The first-order chi connectivity index (χ1) is 9.97. The molecule has 1 fully saturated rings. The molecule has 1 rings (SSSR count). The minimum Gasteiger partial charge on any atom is -0.481 e. The summed E-state index contributed by atoms with van der Waals surface area (Å²) in [6.45, 7) is 4.95. The van der Waals surface area contributed by atoms with Gasteiger partial charge in [0.15, 0.2) is 0 Å². The summed E-state index contributed by atoms with van der Waals surface area (Å²) in [7, 11) is 0. The van der Waals surface area contributed by atoms with Crippen LogP contribution in [-0.4, -0.2) is 29.7 Å². The van der Waals surface area contributed by atoms with Gasteiger partial charge in [-0.3, -0.25) is 4.79 Å². The number of hydrogen-bond acceptors (Lipinski definition) is 2. The Morgan fingerprint density at radius 2 is 1.90 bits per heavy atom. The zero-order chi connectivity index (χ0) is 15.7. The van der Waals surface area contributed by atoms with Gasteiger partial charge < -0.3 is 15.7 Å². The van der Waals surface area contributed by atoms with E-state index in [9.17, 15) is 9.59 Å². The van der Waals surface area contributed by atoms with Crippen LogP contribution in [0.5, 0.6) is 0 Å². The van der Waals surface area contributed by atoms with Crippen molar-refractivity contribution in [1.29, 1.82) is 0 Å². The van der Waals surface area contributed by atoms with E-state index in [0.29, 0.717) is 12.8 Å². The third-order valence-corrected chi connectivity index (χ3v) is 4.38. The molecule has 0 bridgehead atoms. The van der Waals surface area contributed by atoms with Crippen LogP contribution in [0.3, 0.4) is 0 Å². The van der Waals surface area contributed by atoms with Crippen LogP contribution >= 0.6 is 0 Å². The molecule has 1 atom stereocenters. The molecule has 1 saturated carbocycles. The lowest BCUT2D eigenvalue weighted by molar-refractivity contribution is -0.137. The molecule has 0 saturated heterocycles. The number of rotatable bonds is 8. The van der Waals surface area contributed by atoms with E-state index in [1.165, 1.54) is 25.7 Å². The van der Waals surface area contributed by atoms with E-state index in [2.05, 4.69) is 17.6 Å². The van der Waals surface area contributed by atoms with Crippen LogP contribution in [0.15, 0.2) is 0 Å². The Hall–Kier alpha value is -1.26. The average molecular weight is 298 g/mol. The molecule has 0 heterocycles. The molecule has 0 radical (unpaired) electrons. The van der Waals surface area contributed by atoms with E-state index in [1.54, 1.807) is 0 Å². The number of hydrogen-bond donors (Lipinski definition) is 3. The van der Waals surface area contributed by atoms with Crippen molar-refractivity contribution in [3.63, 3.8) is 0 Å². The highest BCUT2D eigenvalue weighted by Crippen LogP contribution is 2.29. The first kappa shape index (κ1) is 17.8. The van der Waals surface area contributed by atoms with Gasteiger partial charge in [-0.15, -0.1) is 0 Å². The first-order valence-electron chi connectivity index (χ1n) is 8.23. The Morgan fingerprint density at radius 1 is 1.24 bits per heavy atom. The third kappa shape index (κ3) is 8.58. The van der Waals surface area contributed by atoms with E-state index >= 15 is 0 Å². The molecule has 1 unspecified atom stereocenters. The predicted molar refractivity (Wildman–Crippen MR) is 83.2 cm³/mol. The van der Waals surface area contributed by atoms with Gasteiger partial charge in [-0.1, -0.05) is 32.6 Å². The Bertz CT molecular complexity index is 325. The summed E-state index contributed by atoms with van der Waals surface area (Å²) in [5.74, 6) is 0.840. The smallest absolute Gasteiger partial charge is 0.314 e. The molecular weight excluding hydrogens is 268 g/mol. The SMILES string of the molecule is CC1CCC(CCNC(=O)NC(C)CCCC(=O)O)CC1. The second-order valence-corrected chi connectivity index (χ2v) is 6.50. The zero-order valence-electron chi connectivity index (χ0n) is 13.4. The number of carboxylic acid groups (broad SMARTS) is 1. The summed E-state index contributed by atoms with van der Waals surface area (Å²) >= 11 is 0. The molecule has 0 aromatic rings. The average Bonchev–Trinajstić information content (AvgIpc) is 2.40. The molecule has 0 aromatic carbocycles. The van der Waals surface area contributed by atoms with Crippen molar-refractivity contribution in [2.75, 3.05) is 6.54 Å². The topological polar surface area (TPSA) is 78.4 Å². The summed E-state index contributed by atoms with van der Waals surface area (Å²) in [5, 5.41) is 14.3. The van der Waals surface area contributed by atoms with E-state index in [4.69, 9.17) is 5.11 Å². The van der Waals surface area contributed by atoms with Gasteiger partial charge >= 0.3 is 12.0 Å². The monoisotopic (exact) mass is 298 g/mol. The lowest BCUT2D eigenvalue weighted by Gasteiger charge is -2.26. The molecule has 0 spiro atoms. The van der Waals surface area contributed by atoms with Crippen LogP contribution in [-0.2, 0) is 4.79 Å². The molecule has 21 heavy (non-hydrogen) atoms. The molecule has 2 amide bonds. The van der Waals surface area contributed by atoms with E-state index in [0.717, 1.165) is 24.8 Å². The Labute approximate surface area is 127 Å². The summed E-state index contributed by atoms with van der Waals surface area (Å²) in [6, 6.07) is -0.123.